The van der Waals surface area contributed by atoms with Crippen LogP contribution in [0.4, 0.5) is 27.8 Å². The third-order valence-corrected chi connectivity index (χ3v) is 5.49. The number of carbonyl (C=O) groups is 1. The quantitative estimate of drug-likeness (QED) is 0.317. The fraction of sp³-hybridized carbons (Fsp3) is 0.238. The van der Waals surface area contributed by atoms with Crippen molar-refractivity contribution >= 4 is 38.7 Å². The molecular weight excluding hydrogens is 527 g/mol. The van der Waals surface area contributed by atoms with E-state index in [1.165, 1.54) is 23.7 Å². The van der Waals surface area contributed by atoms with E-state index in [9.17, 15) is 26.7 Å². The average molecular weight is 543 g/mol. The number of nitrogens with one attached hydrogen (secondary N) is 1. The largest absolute Gasteiger partial charge is 0.307 e. The van der Waals surface area contributed by atoms with Crippen LogP contribution in [-0.4, -0.2) is 30.5 Å². The van der Waals surface area contributed by atoms with Gasteiger partial charge in [0.15, 0.2) is 11.5 Å². The fourth-order valence-corrected chi connectivity index (χ4v) is 3.86. The summed E-state index contributed by atoms with van der Waals surface area (Å²) in [6.07, 6.45) is -4.48. The first-order valence-corrected chi connectivity index (χ1v) is 10.6. The number of hydrogen-bond acceptors (Lipinski definition) is 4. The average Bonchev–Trinajstić information content (AvgIpc) is 3.27. The van der Waals surface area contributed by atoms with Crippen LogP contribution in [-0.2, 0) is 17.9 Å². The monoisotopic (exact) mass is 542 g/mol. The molecule has 1 N–H and O–H groups in total. The van der Waals surface area contributed by atoms with E-state index in [2.05, 4.69) is 36.4 Å². The maximum Gasteiger partial charge on any atom is 0.280 e. The van der Waals surface area contributed by atoms with Crippen molar-refractivity contribution in [3.8, 4) is 0 Å². The Morgan fingerprint density at radius 2 is 1.82 bits per heavy atom. The van der Waals surface area contributed by atoms with Crippen molar-refractivity contribution in [2.45, 2.75) is 32.9 Å². The van der Waals surface area contributed by atoms with Gasteiger partial charge in [-0.15, -0.1) is 0 Å². The molecule has 3 aromatic heterocycles. The van der Waals surface area contributed by atoms with Gasteiger partial charge in [0.25, 0.3) is 12.9 Å². The number of aryl methyl sites for hydroxylation is 1. The van der Waals surface area contributed by atoms with Crippen LogP contribution in [0.2, 0.25) is 0 Å². The second kappa shape index (κ2) is 9.49. The number of fused-ring (bicyclic) bond motifs is 1. The SMILES string of the molecule is Cc1nn(CC(=O)Nc2nn(Cc3ccc(F)cc3)cc2Br)c2nc(C(F)F)cc(C(F)F)c12. The predicted molar refractivity (Wildman–Crippen MR) is 116 cm³/mol. The zero-order valence-corrected chi connectivity index (χ0v) is 19.0. The Labute approximate surface area is 197 Å². The van der Waals surface area contributed by atoms with Gasteiger partial charge < -0.3 is 5.32 Å². The molecule has 0 fully saturated rings. The highest BCUT2D eigenvalue weighted by molar-refractivity contribution is 9.10. The van der Waals surface area contributed by atoms with Gasteiger partial charge in [0.2, 0.25) is 5.91 Å². The van der Waals surface area contributed by atoms with Crippen molar-refractivity contribution in [1.82, 2.24) is 24.5 Å². The maximum absolute atomic E-state index is 13.5. The molecule has 0 radical (unpaired) electrons. The van der Waals surface area contributed by atoms with E-state index < -0.39 is 36.6 Å². The van der Waals surface area contributed by atoms with Crippen LogP contribution in [0.3, 0.4) is 0 Å². The summed E-state index contributed by atoms with van der Waals surface area (Å²) in [6, 6.07) is 6.49. The smallest absolute Gasteiger partial charge is 0.280 e. The number of aromatic nitrogens is 5. The lowest BCUT2D eigenvalue weighted by molar-refractivity contribution is -0.116. The van der Waals surface area contributed by atoms with E-state index in [1.807, 2.05) is 0 Å². The van der Waals surface area contributed by atoms with E-state index in [4.69, 9.17) is 0 Å². The summed E-state index contributed by atoms with van der Waals surface area (Å²) in [5.74, 6) is -0.815. The maximum atomic E-state index is 13.5. The van der Waals surface area contributed by atoms with E-state index in [-0.39, 0.29) is 28.4 Å². The molecule has 0 unspecified atom stereocenters. The number of alkyl halides is 4. The summed E-state index contributed by atoms with van der Waals surface area (Å²) in [7, 11) is 0. The molecule has 34 heavy (non-hydrogen) atoms. The molecule has 1 amide bonds. The first kappa shape index (κ1) is 23.8. The Morgan fingerprint density at radius 3 is 2.47 bits per heavy atom. The first-order valence-electron chi connectivity index (χ1n) is 9.84. The molecule has 1 aromatic carbocycles. The highest BCUT2D eigenvalue weighted by atomic mass is 79.9. The van der Waals surface area contributed by atoms with Crippen LogP contribution in [0.15, 0.2) is 41.0 Å². The normalized spacial score (nSPS) is 11.7. The van der Waals surface area contributed by atoms with Gasteiger partial charge in [-0.2, -0.15) is 10.2 Å². The Hall–Kier alpha value is -3.35. The number of rotatable bonds is 7. The molecule has 13 heteroatoms. The molecule has 7 nitrogen and oxygen atoms in total. The van der Waals surface area contributed by atoms with Gasteiger partial charge in [0.05, 0.1) is 22.1 Å². The van der Waals surface area contributed by atoms with Crippen molar-refractivity contribution in [2.75, 3.05) is 5.32 Å². The minimum Gasteiger partial charge on any atom is -0.307 e. The number of carbonyl (C=O) groups excluding carboxylic acids is 1. The Morgan fingerprint density at radius 1 is 1.12 bits per heavy atom. The van der Waals surface area contributed by atoms with Crippen LogP contribution >= 0.6 is 15.9 Å². The van der Waals surface area contributed by atoms with Crippen LogP contribution in [0.5, 0.6) is 0 Å². The topological polar surface area (TPSA) is 77.6 Å². The molecule has 0 atom stereocenters. The lowest BCUT2D eigenvalue weighted by atomic mass is 10.1. The van der Waals surface area contributed by atoms with Gasteiger partial charge in [0.1, 0.15) is 18.1 Å². The zero-order valence-electron chi connectivity index (χ0n) is 17.4. The highest BCUT2D eigenvalue weighted by Gasteiger charge is 2.24. The van der Waals surface area contributed by atoms with Gasteiger partial charge in [-0.25, -0.2) is 31.6 Å². The fourth-order valence-electron chi connectivity index (χ4n) is 3.45. The summed E-state index contributed by atoms with van der Waals surface area (Å²) in [5, 5.41) is 10.8. The Kier molecular flexibility index (Phi) is 6.64. The van der Waals surface area contributed by atoms with Gasteiger partial charge in [-0.3, -0.25) is 9.48 Å². The second-order valence-corrected chi connectivity index (χ2v) is 8.23. The Bertz CT molecular complexity index is 1350. The molecule has 3 heterocycles. The van der Waals surface area contributed by atoms with Crippen molar-refractivity contribution in [3.63, 3.8) is 0 Å². The van der Waals surface area contributed by atoms with E-state index in [0.717, 1.165) is 10.2 Å². The minimum atomic E-state index is -3.07. The number of benzene rings is 1. The number of anilines is 1. The molecule has 0 aliphatic carbocycles. The van der Waals surface area contributed by atoms with Crippen molar-refractivity contribution in [2.24, 2.45) is 0 Å². The molecule has 0 aliphatic heterocycles. The standard InChI is InChI=1S/C21H16BrF5N6O/c1-10-17-13(18(24)25)6-15(19(26)27)28-21(17)33(30-10)9-16(34)29-20-14(22)8-32(31-20)7-11-2-4-12(23)5-3-11/h2-6,8,18-19H,7,9H2,1H3,(H,29,31,34). The molecule has 4 aromatic rings. The molecule has 0 saturated heterocycles. The van der Waals surface area contributed by atoms with Gasteiger partial charge in [0, 0.05) is 11.8 Å². The zero-order chi connectivity index (χ0) is 24.6. The summed E-state index contributed by atoms with van der Waals surface area (Å²) in [4.78, 5) is 16.4. The summed E-state index contributed by atoms with van der Waals surface area (Å²) in [5.41, 5.74) is -0.764. The third-order valence-electron chi connectivity index (χ3n) is 4.91. The van der Waals surface area contributed by atoms with E-state index in [1.54, 1.807) is 18.3 Å². The number of amides is 1. The van der Waals surface area contributed by atoms with Crippen molar-refractivity contribution in [1.29, 1.82) is 0 Å². The summed E-state index contributed by atoms with van der Waals surface area (Å²) < 4.78 is 69.4. The molecule has 178 valence electrons. The molecule has 0 aliphatic rings. The van der Waals surface area contributed by atoms with Crippen molar-refractivity contribution < 1.29 is 26.7 Å². The van der Waals surface area contributed by atoms with Crippen LogP contribution in [0.1, 0.15) is 35.4 Å². The van der Waals surface area contributed by atoms with Gasteiger partial charge in [-0.1, -0.05) is 12.1 Å². The minimum absolute atomic E-state index is 0.0723. The van der Waals surface area contributed by atoms with E-state index in [0.29, 0.717) is 17.1 Å². The van der Waals surface area contributed by atoms with E-state index >= 15 is 0 Å². The third kappa shape index (κ3) is 4.93. The van der Waals surface area contributed by atoms with Gasteiger partial charge in [-0.05, 0) is 46.6 Å². The number of nitrogens with zero attached hydrogens (tertiary/aromatic N) is 5. The van der Waals surface area contributed by atoms with Crippen molar-refractivity contribution in [3.05, 3.63) is 69.3 Å². The number of pyridine rings is 1. The molecule has 0 bridgehead atoms. The first-order chi connectivity index (χ1) is 16.1. The van der Waals surface area contributed by atoms with Crippen LogP contribution in [0, 0.1) is 12.7 Å². The predicted octanol–water partition coefficient (Wildman–Crippen LogP) is 5.40. The second-order valence-electron chi connectivity index (χ2n) is 7.38. The van der Waals surface area contributed by atoms with Crippen LogP contribution < -0.4 is 5.32 Å². The lowest BCUT2D eigenvalue weighted by Crippen LogP contribution is -2.20. The summed E-state index contributed by atoms with van der Waals surface area (Å²) in [6.45, 7) is 1.28. The van der Waals surface area contributed by atoms with Gasteiger partial charge >= 0.3 is 0 Å². The highest BCUT2D eigenvalue weighted by Crippen LogP contribution is 2.32. The lowest BCUT2D eigenvalue weighted by Gasteiger charge is -2.08. The molecular formula is C21H16BrF5N6O. The summed E-state index contributed by atoms with van der Waals surface area (Å²) >= 11 is 3.29. The molecule has 0 saturated carbocycles. The molecule has 0 spiro atoms. The molecule has 4 rings (SSSR count). The Balaban J connectivity index is 1.56. The number of hydrogen-bond donors (Lipinski definition) is 1. The van der Waals surface area contributed by atoms with Crippen LogP contribution in [0.25, 0.3) is 11.0 Å². The number of halogens is 6.